The van der Waals surface area contributed by atoms with Gasteiger partial charge in [-0.25, -0.2) is 0 Å². The van der Waals surface area contributed by atoms with Crippen molar-refractivity contribution < 1.29 is 4.74 Å². The van der Waals surface area contributed by atoms with Gasteiger partial charge >= 0.3 is 0 Å². The zero-order valence-electron chi connectivity index (χ0n) is 10.6. The Bertz CT molecular complexity index is 622. The van der Waals surface area contributed by atoms with Crippen LogP contribution in [0.2, 0.25) is 10.0 Å². The lowest BCUT2D eigenvalue weighted by molar-refractivity contribution is 0.414. The molecule has 1 aliphatic carbocycles. The van der Waals surface area contributed by atoms with Gasteiger partial charge in [-0.1, -0.05) is 29.3 Å². The van der Waals surface area contributed by atoms with Crippen LogP contribution < -0.4 is 4.74 Å². The molecule has 0 amide bonds. The molecule has 0 N–H and O–H groups in total. The van der Waals surface area contributed by atoms with Crippen molar-refractivity contribution in [2.75, 3.05) is 7.11 Å². The van der Waals surface area contributed by atoms with E-state index in [1.165, 1.54) is 11.1 Å². The fourth-order valence-electron chi connectivity index (χ4n) is 2.81. The van der Waals surface area contributed by atoms with Crippen molar-refractivity contribution in [2.45, 2.75) is 18.8 Å². The molecule has 1 aliphatic rings. The summed E-state index contributed by atoms with van der Waals surface area (Å²) in [6.07, 6.45) is 2.15. The van der Waals surface area contributed by atoms with Crippen molar-refractivity contribution in [1.29, 1.82) is 0 Å². The molecule has 19 heavy (non-hydrogen) atoms. The van der Waals surface area contributed by atoms with Gasteiger partial charge in [0.05, 0.1) is 7.11 Å². The third-order valence-corrected chi connectivity index (χ3v) is 4.34. The fraction of sp³-hybridized carbons (Fsp3) is 0.250. The Morgan fingerprint density at radius 1 is 1.05 bits per heavy atom. The summed E-state index contributed by atoms with van der Waals surface area (Å²) in [5.74, 6) is 1.21. The smallest absolute Gasteiger partial charge is 0.119 e. The molecule has 0 aliphatic heterocycles. The molecule has 0 heterocycles. The molecule has 3 rings (SSSR count). The van der Waals surface area contributed by atoms with Crippen LogP contribution in [0.25, 0.3) is 0 Å². The van der Waals surface area contributed by atoms with Gasteiger partial charge in [0.2, 0.25) is 0 Å². The van der Waals surface area contributed by atoms with Gasteiger partial charge in [-0.15, -0.1) is 0 Å². The summed E-state index contributed by atoms with van der Waals surface area (Å²) in [6.45, 7) is 0. The fourth-order valence-corrected chi connectivity index (χ4v) is 3.24. The molecule has 0 saturated carbocycles. The van der Waals surface area contributed by atoms with Crippen LogP contribution in [0.4, 0.5) is 0 Å². The molecule has 1 unspecified atom stereocenters. The van der Waals surface area contributed by atoms with E-state index in [4.69, 9.17) is 27.9 Å². The monoisotopic (exact) mass is 292 g/mol. The van der Waals surface area contributed by atoms with E-state index >= 15 is 0 Å². The maximum atomic E-state index is 6.33. The van der Waals surface area contributed by atoms with Crippen LogP contribution in [-0.2, 0) is 6.42 Å². The number of methoxy groups -OCH3 is 1. The Morgan fingerprint density at radius 2 is 1.89 bits per heavy atom. The largest absolute Gasteiger partial charge is 0.497 e. The summed E-state index contributed by atoms with van der Waals surface area (Å²) in [4.78, 5) is 0. The summed E-state index contributed by atoms with van der Waals surface area (Å²) in [5, 5.41) is 1.51. The van der Waals surface area contributed by atoms with Crippen molar-refractivity contribution in [3.63, 3.8) is 0 Å². The van der Waals surface area contributed by atoms with Crippen LogP contribution in [0.15, 0.2) is 36.4 Å². The zero-order valence-corrected chi connectivity index (χ0v) is 12.1. The highest BCUT2D eigenvalue weighted by Crippen LogP contribution is 2.42. The second kappa shape index (κ2) is 5.07. The quantitative estimate of drug-likeness (QED) is 0.750. The first-order valence-electron chi connectivity index (χ1n) is 6.31. The van der Waals surface area contributed by atoms with Crippen LogP contribution in [0.5, 0.6) is 5.75 Å². The average Bonchev–Trinajstić information content (AvgIpc) is 2.84. The van der Waals surface area contributed by atoms with Gasteiger partial charge in [0, 0.05) is 16.0 Å². The number of halogens is 2. The molecule has 0 aromatic heterocycles. The van der Waals surface area contributed by atoms with Crippen molar-refractivity contribution in [3.05, 3.63) is 63.1 Å². The lowest BCUT2D eigenvalue weighted by Crippen LogP contribution is -1.98. The Balaban J connectivity index is 2.08. The first-order valence-corrected chi connectivity index (χ1v) is 7.06. The van der Waals surface area contributed by atoms with Gasteiger partial charge in [0.1, 0.15) is 5.75 Å². The highest BCUT2D eigenvalue weighted by molar-refractivity contribution is 6.33. The third kappa shape index (κ3) is 2.33. The van der Waals surface area contributed by atoms with Crippen molar-refractivity contribution in [1.82, 2.24) is 0 Å². The van der Waals surface area contributed by atoms with E-state index in [0.29, 0.717) is 5.92 Å². The highest BCUT2D eigenvalue weighted by Gasteiger charge is 2.26. The predicted molar refractivity (Wildman–Crippen MR) is 79.6 cm³/mol. The topological polar surface area (TPSA) is 9.23 Å². The number of hydrogen-bond acceptors (Lipinski definition) is 1. The minimum absolute atomic E-state index is 0.316. The number of hydrogen-bond donors (Lipinski definition) is 0. The van der Waals surface area contributed by atoms with Crippen LogP contribution in [0.1, 0.15) is 29.0 Å². The van der Waals surface area contributed by atoms with E-state index in [2.05, 4.69) is 12.1 Å². The average molecular weight is 293 g/mol. The second-order valence-corrected chi connectivity index (χ2v) is 5.67. The molecule has 1 atom stereocenters. The predicted octanol–water partition coefficient (Wildman–Crippen LogP) is 5.08. The number of aryl methyl sites for hydroxylation is 1. The minimum Gasteiger partial charge on any atom is -0.497 e. The second-order valence-electron chi connectivity index (χ2n) is 4.82. The third-order valence-electron chi connectivity index (χ3n) is 3.76. The van der Waals surface area contributed by atoms with Crippen molar-refractivity contribution >= 4 is 23.2 Å². The summed E-state index contributed by atoms with van der Waals surface area (Å²) in [5.41, 5.74) is 3.80. The molecule has 0 fully saturated rings. The Morgan fingerprint density at radius 3 is 2.68 bits per heavy atom. The molecule has 98 valence electrons. The van der Waals surface area contributed by atoms with Crippen LogP contribution in [0, 0.1) is 0 Å². The SMILES string of the molecule is COc1ccc2c(c1)C(c1cc(Cl)ccc1Cl)CC2. The first kappa shape index (κ1) is 12.8. The highest BCUT2D eigenvalue weighted by atomic mass is 35.5. The molecular formula is C16H14Cl2O. The Kier molecular flexibility index (Phi) is 3.42. The molecule has 0 saturated heterocycles. The Labute approximate surface area is 123 Å². The standard InChI is InChI=1S/C16H14Cl2O/c1-19-12-5-2-10-3-6-13(14(10)9-12)15-8-11(17)4-7-16(15)18/h2,4-5,7-9,13H,3,6H2,1H3. The summed E-state index contributed by atoms with van der Waals surface area (Å²) < 4.78 is 5.32. The molecule has 0 radical (unpaired) electrons. The van der Waals surface area contributed by atoms with Gasteiger partial charge in [-0.2, -0.15) is 0 Å². The van der Waals surface area contributed by atoms with E-state index in [9.17, 15) is 0 Å². The molecule has 1 nitrogen and oxygen atoms in total. The Hall–Kier alpha value is -1.18. The number of benzene rings is 2. The molecule has 3 heteroatoms. The van der Waals surface area contributed by atoms with Crippen LogP contribution in [0.3, 0.4) is 0 Å². The van der Waals surface area contributed by atoms with E-state index < -0.39 is 0 Å². The van der Waals surface area contributed by atoms with Crippen LogP contribution in [-0.4, -0.2) is 7.11 Å². The normalized spacial score (nSPS) is 17.3. The van der Waals surface area contributed by atoms with Crippen LogP contribution >= 0.6 is 23.2 Å². The maximum Gasteiger partial charge on any atom is 0.119 e. The molecular weight excluding hydrogens is 279 g/mol. The summed E-state index contributed by atoms with van der Waals surface area (Å²) in [6, 6.07) is 12.0. The van der Waals surface area contributed by atoms with E-state index in [-0.39, 0.29) is 0 Å². The van der Waals surface area contributed by atoms with Gasteiger partial charge in [-0.3, -0.25) is 0 Å². The first-order chi connectivity index (χ1) is 9.19. The van der Waals surface area contributed by atoms with E-state index in [0.717, 1.165) is 34.2 Å². The van der Waals surface area contributed by atoms with Gasteiger partial charge in [0.25, 0.3) is 0 Å². The molecule has 0 spiro atoms. The number of ether oxygens (including phenoxy) is 1. The molecule has 2 aromatic carbocycles. The molecule has 2 aromatic rings. The minimum atomic E-state index is 0.316. The van der Waals surface area contributed by atoms with E-state index in [1.807, 2.05) is 24.3 Å². The number of fused-ring (bicyclic) bond motifs is 1. The molecule has 0 bridgehead atoms. The summed E-state index contributed by atoms with van der Waals surface area (Å²) in [7, 11) is 1.69. The van der Waals surface area contributed by atoms with Crippen molar-refractivity contribution in [2.24, 2.45) is 0 Å². The zero-order chi connectivity index (χ0) is 13.4. The lowest BCUT2D eigenvalue weighted by atomic mass is 9.93. The van der Waals surface area contributed by atoms with E-state index in [1.54, 1.807) is 7.11 Å². The summed E-state index contributed by atoms with van der Waals surface area (Å²) >= 11 is 12.4. The maximum absolute atomic E-state index is 6.33. The van der Waals surface area contributed by atoms with Gasteiger partial charge < -0.3 is 4.74 Å². The van der Waals surface area contributed by atoms with Gasteiger partial charge in [-0.05, 0) is 59.9 Å². The number of rotatable bonds is 2. The lowest BCUT2D eigenvalue weighted by Gasteiger charge is -2.15. The van der Waals surface area contributed by atoms with Crippen molar-refractivity contribution in [3.8, 4) is 5.75 Å². The van der Waals surface area contributed by atoms with Gasteiger partial charge in [0.15, 0.2) is 0 Å².